The lowest BCUT2D eigenvalue weighted by Crippen LogP contribution is -2.40. The lowest BCUT2D eigenvalue weighted by Gasteiger charge is -2.23. The molecule has 0 spiro atoms. The molecule has 0 aromatic heterocycles. The molecular formula is C12H13F2NO. The van der Waals surface area contributed by atoms with Gasteiger partial charge in [0.2, 0.25) is 5.91 Å². The van der Waals surface area contributed by atoms with Gasteiger partial charge in [-0.15, -0.1) is 0 Å². The molecule has 1 amide bonds. The van der Waals surface area contributed by atoms with Gasteiger partial charge in [0, 0.05) is 12.0 Å². The maximum atomic E-state index is 13.0. The maximum absolute atomic E-state index is 13.0. The Labute approximate surface area is 92.7 Å². The van der Waals surface area contributed by atoms with Gasteiger partial charge in [-0.05, 0) is 37.5 Å². The molecule has 1 fully saturated rings. The van der Waals surface area contributed by atoms with Crippen LogP contribution in [0.2, 0.25) is 0 Å². The smallest absolute Gasteiger partial charge is 0.220 e. The van der Waals surface area contributed by atoms with Gasteiger partial charge in [0.25, 0.3) is 0 Å². The molecule has 1 aliphatic rings. The third-order valence-electron chi connectivity index (χ3n) is 2.92. The summed E-state index contributed by atoms with van der Waals surface area (Å²) in [5.74, 6) is -1.67. The molecule has 0 bridgehead atoms. The summed E-state index contributed by atoms with van der Waals surface area (Å²) in [6, 6.07) is 3.85. The lowest BCUT2D eigenvalue weighted by molar-refractivity contribution is -0.119. The van der Waals surface area contributed by atoms with E-state index < -0.39 is 11.6 Å². The van der Waals surface area contributed by atoms with Gasteiger partial charge < -0.3 is 5.32 Å². The zero-order valence-corrected chi connectivity index (χ0v) is 9.02. The number of hydrogen-bond donors (Lipinski definition) is 1. The van der Waals surface area contributed by atoms with Crippen LogP contribution in [0.3, 0.4) is 0 Å². The van der Waals surface area contributed by atoms with E-state index in [2.05, 4.69) is 5.32 Å². The first-order valence-corrected chi connectivity index (χ1v) is 5.23. The Morgan fingerprint density at radius 3 is 2.69 bits per heavy atom. The molecule has 0 radical (unpaired) electrons. The Kier molecular flexibility index (Phi) is 2.66. The first-order valence-electron chi connectivity index (χ1n) is 5.23. The summed E-state index contributed by atoms with van der Waals surface area (Å²) in [7, 11) is 0. The average molecular weight is 225 g/mol. The van der Waals surface area contributed by atoms with Crippen molar-refractivity contribution >= 4 is 5.91 Å². The molecule has 1 aromatic rings. The Bertz CT molecular complexity index is 433. The molecule has 1 heterocycles. The summed E-state index contributed by atoms with van der Waals surface area (Å²) in [4.78, 5) is 11.1. The van der Waals surface area contributed by atoms with E-state index >= 15 is 0 Å². The van der Waals surface area contributed by atoms with Crippen LogP contribution in [0.4, 0.5) is 8.78 Å². The summed E-state index contributed by atoms with van der Waals surface area (Å²) in [5.41, 5.74) is 0.366. The maximum Gasteiger partial charge on any atom is 0.220 e. The van der Waals surface area contributed by atoms with Gasteiger partial charge in [-0.3, -0.25) is 4.79 Å². The number of nitrogens with one attached hydrogen (secondary N) is 1. The minimum Gasteiger partial charge on any atom is -0.351 e. The van der Waals surface area contributed by atoms with E-state index in [-0.39, 0.29) is 11.4 Å². The van der Waals surface area contributed by atoms with Gasteiger partial charge in [0.05, 0.1) is 0 Å². The van der Waals surface area contributed by atoms with Gasteiger partial charge in [-0.1, -0.05) is 6.07 Å². The van der Waals surface area contributed by atoms with E-state index in [4.69, 9.17) is 0 Å². The third-order valence-corrected chi connectivity index (χ3v) is 2.92. The molecule has 1 saturated heterocycles. The van der Waals surface area contributed by atoms with Crippen LogP contribution in [0.5, 0.6) is 0 Å². The van der Waals surface area contributed by atoms with Crippen LogP contribution >= 0.6 is 0 Å². The largest absolute Gasteiger partial charge is 0.351 e. The molecule has 1 N–H and O–H groups in total. The fraction of sp³-hybridized carbons (Fsp3) is 0.417. The van der Waals surface area contributed by atoms with Crippen LogP contribution in [0, 0.1) is 11.6 Å². The van der Waals surface area contributed by atoms with Crippen LogP contribution in [0.1, 0.15) is 25.3 Å². The van der Waals surface area contributed by atoms with Crippen molar-refractivity contribution in [2.24, 2.45) is 0 Å². The van der Waals surface area contributed by atoms with Crippen LogP contribution in [0.25, 0.3) is 0 Å². The van der Waals surface area contributed by atoms with Crippen molar-refractivity contribution in [3.05, 3.63) is 35.4 Å². The predicted octanol–water partition coefficient (Wildman–Crippen LogP) is 2.18. The molecule has 2 nitrogen and oxygen atoms in total. The van der Waals surface area contributed by atoms with E-state index in [1.54, 1.807) is 6.07 Å². The van der Waals surface area contributed by atoms with Crippen molar-refractivity contribution in [3.63, 3.8) is 0 Å². The Morgan fingerprint density at radius 1 is 1.38 bits per heavy atom. The second kappa shape index (κ2) is 3.85. The molecule has 16 heavy (non-hydrogen) atoms. The number of carbonyl (C=O) groups is 1. The average Bonchev–Trinajstić information content (AvgIpc) is 2.52. The highest BCUT2D eigenvalue weighted by Gasteiger charge is 2.32. The standard InChI is InChI=1S/C12H13F2NO/c1-12(5-4-11(16)15-12)7-8-2-3-9(13)10(14)6-8/h2-3,6H,4-5,7H2,1H3,(H,15,16). The lowest BCUT2D eigenvalue weighted by atomic mass is 9.91. The summed E-state index contributed by atoms with van der Waals surface area (Å²) in [6.07, 6.45) is 1.75. The molecule has 1 aromatic carbocycles. The van der Waals surface area contributed by atoms with Crippen molar-refractivity contribution in [2.75, 3.05) is 0 Å². The summed E-state index contributed by atoms with van der Waals surface area (Å²) >= 11 is 0. The number of amides is 1. The first kappa shape index (κ1) is 11.0. The topological polar surface area (TPSA) is 29.1 Å². The highest BCUT2D eigenvalue weighted by Crippen LogP contribution is 2.24. The minimum atomic E-state index is -0.843. The number of benzene rings is 1. The highest BCUT2D eigenvalue weighted by molar-refractivity contribution is 5.79. The second-order valence-electron chi connectivity index (χ2n) is 4.53. The molecule has 4 heteroatoms. The van der Waals surface area contributed by atoms with Gasteiger partial charge in [-0.2, -0.15) is 0 Å². The Balaban J connectivity index is 2.14. The van der Waals surface area contributed by atoms with Crippen LogP contribution in [-0.4, -0.2) is 11.4 Å². The number of carbonyl (C=O) groups excluding carboxylic acids is 1. The van der Waals surface area contributed by atoms with Crippen LogP contribution in [-0.2, 0) is 11.2 Å². The van der Waals surface area contributed by atoms with Crippen molar-refractivity contribution < 1.29 is 13.6 Å². The molecule has 0 aliphatic carbocycles. The zero-order chi connectivity index (χ0) is 11.8. The molecule has 86 valence electrons. The van der Waals surface area contributed by atoms with E-state index in [0.717, 1.165) is 12.5 Å². The zero-order valence-electron chi connectivity index (χ0n) is 9.02. The third kappa shape index (κ3) is 2.21. The molecule has 2 rings (SSSR count). The van der Waals surface area contributed by atoms with E-state index in [1.807, 2.05) is 6.92 Å². The summed E-state index contributed by atoms with van der Waals surface area (Å²) in [6.45, 7) is 1.92. The second-order valence-corrected chi connectivity index (χ2v) is 4.53. The van der Waals surface area contributed by atoms with Crippen LogP contribution < -0.4 is 5.32 Å². The molecule has 1 aliphatic heterocycles. The fourth-order valence-electron chi connectivity index (χ4n) is 2.08. The molecule has 0 saturated carbocycles. The fourth-order valence-corrected chi connectivity index (χ4v) is 2.08. The Hall–Kier alpha value is -1.45. The Morgan fingerprint density at radius 2 is 2.12 bits per heavy atom. The van der Waals surface area contributed by atoms with Gasteiger partial charge in [0.1, 0.15) is 0 Å². The van der Waals surface area contributed by atoms with Crippen LogP contribution in [0.15, 0.2) is 18.2 Å². The number of hydrogen-bond acceptors (Lipinski definition) is 1. The van der Waals surface area contributed by atoms with E-state index in [1.165, 1.54) is 6.07 Å². The van der Waals surface area contributed by atoms with Crippen molar-refractivity contribution in [3.8, 4) is 0 Å². The number of rotatable bonds is 2. The quantitative estimate of drug-likeness (QED) is 0.821. The molecular weight excluding hydrogens is 212 g/mol. The monoisotopic (exact) mass is 225 g/mol. The van der Waals surface area contributed by atoms with E-state index in [9.17, 15) is 13.6 Å². The molecule has 1 atom stereocenters. The van der Waals surface area contributed by atoms with Crippen molar-refractivity contribution in [1.82, 2.24) is 5.32 Å². The highest BCUT2D eigenvalue weighted by atomic mass is 19.2. The van der Waals surface area contributed by atoms with Gasteiger partial charge in [0.15, 0.2) is 11.6 Å². The van der Waals surface area contributed by atoms with E-state index in [0.29, 0.717) is 18.4 Å². The summed E-state index contributed by atoms with van der Waals surface area (Å²) < 4.78 is 25.7. The predicted molar refractivity (Wildman–Crippen MR) is 55.8 cm³/mol. The summed E-state index contributed by atoms with van der Waals surface area (Å²) in [5, 5.41) is 2.86. The first-order chi connectivity index (χ1) is 7.48. The van der Waals surface area contributed by atoms with Crippen molar-refractivity contribution in [2.45, 2.75) is 31.7 Å². The van der Waals surface area contributed by atoms with Crippen molar-refractivity contribution in [1.29, 1.82) is 0 Å². The number of halogens is 2. The molecule has 1 unspecified atom stereocenters. The van der Waals surface area contributed by atoms with Gasteiger partial charge >= 0.3 is 0 Å². The minimum absolute atomic E-state index is 0.0186. The van der Waals surface area contributed by atoms with Gasteiger partial charge in [-0.25, -0.2) is 8.78 Å². The normalized spacial score (nSPS) is 24.6. The SMILES string of the molecule is CC1(Cc2ccc(F)c(F)c2)CCC(=O)N1.